The second kappa shape index (κ2) is 5.20. The van der Waals surface area contributed by atoms with E-state index in [0.29, 0.717) is 6.54 Å². The van der Waals surface area contributed by atoms with E-state index < -0.39 is 0 Å². The Morgan fingerprint density at radius 2 is 2.13 bits per heavy atom. The molecule has 0 aromatic carbocycles. The number of rotatable bonds is 3. The third kappa shape index (κ3) is 2.59. The lowest BCUT2D eigenvalue weighted by atomic mass is 10.4. The summed E-state index contributed by atoms with van der Waals surface area (Å²) < 4.78 is 2.67. The molecule has 0 saturated heterocycles. The van der Waals surface area contributed by atoms with Crippen molar-refractivity contribution in [2.45, 2.75) is 33.4 Å². The van der Waals surface area contributed by atoms with Crippen molar-refractivity contribution in [3.63, 3.8) is 0 Å². The molecular formula is C11H14N2O2. The molecule has 0 spiro atoms. The summed E-state index contributed by atoms with van der Waals surface area (Å²) in [6.45, 7) is 4.45. The van der Waals surface area contributed by atoms with Gasteiger partial charge in [0.2, 0.25) is 0 Å². The summed E-state index contributed by atoms with van der Waals surface area (Å²) >= 11 is 0. The molecule has 1 rings (SSSR count). The van der Waals surface area contributed by atoms with Crippen LogP contribution >= 0.6 is 0 Å². The fraction of sp³-hybridized carbons (Fsp3) is 0.455. The maximum absolute atomic E-state index is 11.7. The summed E-state index contributed by atoms with van der Waals surface area (Å²) in [7, 11) is 0. The minimum atomic E-state index is -0.296. The predicted octanol–water partition coefficient (Wildman–Crippen LogP) is 0.443. The summed E-state index contributed by atoms with van der Waals surface area (Å²) in [6, 6.07) is 1.40. The van der Waals surface area contributed by atoms with Gasteiger partial charge >= 0.3 is 5.69 Å². The maximum Gasteiger partial charge on any atom is 0.331 e. The maximum atomic E-state index is 11.7. The normalized spacial score (nSPS) is 9.47. The smallest absolute Gasteiger partial charge is 0.300 e. The van der Waals surface area contributed by atoms with E-state index in [-0.39, 0.29) is 17.8 Å². The molecule has 15 heavy (non-hydrogen) atoms. The fourth-order valence-electron chi connectivity index (χ4n) is 1.27. The largest absolute Gasteiger partial charge is 0.331 e. The van der Waals surface area contributed by atoms with Crippen molar-refractivity contribution < 1.29 is 0 Å². The Bertz CT molecular complexity index is 500. The predicted molar refractivity (Wildman–Crippen MR) is 58.7 cm³/mol. The van der Waals surface area contributed by atoms with Gasteiger partial charge in [0.05, 0.1) is 6.54 Å². The zero-order valence-corrected chi connectivity index (χ0v) is 8.99. The molecule has 0 aliphatic carbocycles. The quantitative estimate of drug-likeness (QED) is 0.674. The minimum absolute atomic E-state index is 0.165. The van der Waals surface area contributed by atoms with Gasteiger partial charge in [-0.2, -0.15) is 0 Å². The van der Waals surface area contributed by atoms with Crippen molar-refractivity contribution >= 4 is 0 Å². The van der Waals surface area contributed by atoms with Crippen molar-refractivity contribution in [1.82, 2.24) is 9.13 Å². The van der Waals surface area contributed by atoms with Crippen LogP contribution in [0.15, 0.2) is 21.9 Å². The average molecular weight is 206 g/mol. The summed E-state index contributed by atoms with van der Waals surface area (Å²) in [5, 5.41) is 0. The van der Waals surface area contributed by atoms with Crippen LogP contribution < -0.4 is 11.2 Å². The first kappa shape index (κ1) is 11.3. The van der Waals surface area contributed by atoms with Crippen molar-refractivity contribution in [2.24, 2.45) is 0 Å². The first-order chi connectivity index (χ1) is 7.20. The molecule has 1 aromatic rings. The zero-order valence-electron chi connectivity index (χ0n) is 8.99. The lowest BCUT2D eigenvalue weighted by Crippen LogP contribution is -2.38. The number of hydrogen-bond donors (Lipinski definition) is 0. The monoisotopic (exact) mass is 206 g/mol. The SMILES string of the molecule is CC#CCn1c(=O)ccn(CCC)c1=O. The lowest BCUT2D eigenvalue weighted by Gasteiger charge is -2.05. The van der Waals surface area contributed by atoms with E-state index in [2.05, 4.69) is 11.8 Å². The standard InChI is InChI=1S/C11H14N2O2/c1-3-5-8-13-10(14)6-9-12(7-4-2)11(13)15/h6,9H,4,7-8H2,1-2H3. The summed E-state index contributed by atoms with van der Waals surface area (Å²) in [6.07, 6.45) is 2.39. The fourth-order valence-corrected chi connectivity index (χ4v) is 1.27. The van der Waals surface area contributed by atoms with E-state index in [4.69, 9.17) is 0 Å². The Morgan fingerprint density at radius 3 is 2.73 bits per heavy atom. The molecule has 0 amide bonds. The molecule has 0 bridgehead atoms. The molecule has 0 aliphatic heterocycles. The van der Waals surface area contributed by atoms with E-state index in [1.165, 1.54) is 16.8 Å². The Hall–Kier alpha value is -1.76. The van der Waals surface area contributed by atoms with Crippen molar-refractivity contribution in [1.29, 1.82) is 0 Å². The second-order valence-corrected chi connectivity index (χ2v) is 3.14. The van der Waals surface area contributed by atoms with Gasteiger partial charge in [0.25, 0.3) is 5.56 Å². The van der Waals surface area contributed by atoms with Gasteiger partial charge in [0, 0.05) is 18.8 Å². The van der Waals surface area contributed by atoms with Crippen LogP contribution in [0, 0.1) is 11.8 Å². The van der Waals surface area contributed by atoms with Crippen LogP contribution in [0.5, 0.6) is 0 Å². The van der Waals surface area contributed by atoms with Gasteiger partial charge < -0.3 is 4.57 Å². The Balaban J connectivity index is 3.22. The molecule has 0 N–H and O–H groups in total. The Kier molecular flexibility index (Phi) is 3.92. The molecule has 80 valence electrons. The highest BCUT2D eigenvalue weighted by Crippen LogP contribution is 1.83. The highest BCUT2D eigenvalue weighted by atomic mass is 16.2. The molecule has 0 atom stereocenters. The van der Waals surface area contributed by atoms with E-state index in [9.17, 15) is 9.59 Å². The molecular weight excluding hydrogens is 192 g/mol. The average Bonchev–Trinajstić information content (AvgIpc) is 2.22. The summed E-state index contributed by atoms with van der Waals surface area (Å²) in [5.41, 5.74) is -0.581. The summed E-state index contributed by atoms with van der Waals surface area (Å²) in [4.78, 5) is 23.1. The molecule has 0 saturated carbocycles. The van der Waals surface area contributed by atoms with E-state index in [1.54, 1.807) is 6.92 Å². The first-order valence-electron chi connectivity index (χ1n) is 4.90. The number of hydrogen-bond acceptors (Lipinski definition) is 2. The number of nitrogens with zero attached hydrogens (tertiary/aromatic N) is 2. The highest BCUT2D eigenvalue weighted by Gasteiger charge is 2.02. The van der Waals surface area contributed by atoms with E-state index >= 15 is 0 Å². The van der Waals surface area contributed by atoms with E-state index in [0.717, 1.165) is 11.0 Å². The van der Waals surface area contributed by atoms with Crippen molar-refractivity contribution in [3.05, 3.63) is 33.1 Å². The molecule has 0 unspecified atom stereocenters. The minimum Gasteiger partial charge on any atom is -0.300 e. The molecule has 1 aromatic heterocycles. The van der Waals surface area contributed by atoms with Crippen LogP contribution in [0.2, 0.25) is 0 Å². The van der Waals surface area contributed by atoms with Gasteiger partial charge in [-0.1, -0.05) is 12.8 Å². The molecule has 0 radical (unpaired) electrons. The van der Waals surface area contributed by atoms with Crippen molar-refractivity contribution in [3.8, 4) is 11.8 Å². The Morgan fingerprint density at radius 1 is 1.40 bits per heavy atom. The third-order valence-corrected chi connectivity index (χ3v) is 2.02. The number of aromatic nitrogens is 2. The highest BCUT2D eigenvalue weighted by molar-refractivity contribution is 4.97. The van der Waals surface area contributed by atoms with Crippen LogP contribution in [0.3, 0.4) is 0 Å². The molecule has 0 fully saturated rings. The topological polar surface area (TPSA) is 44.0 Å². The van der Waals surface area contributed by atoms with Crippen LogP contribution in [-0.4, -0.2) is 9.13 Å². The van der Waals surface area contributed by atoms with Gasteiger partial charge in [0.15, 0.2) is 0 Å². The zero-order chi connectivity index (χ0) is 11.3. The van der Waals surface area contributed by atoms with Crippen molar-refractivity contribution in [2.75, 3.05) is 0 Å². The first-order valence-corrected chi connectivity index (χ1v) is 4.90. The molecule has 4 nitrogen and oxygen atoms in total. The lowest BCUT2D eigenvalue weighted by molar-refractivity contribution is 0.578. The van der Waals surface area contributed by atoms with Gasteiger partial charge in [-0.25, -0.2) is 9.36 Å². The van der Waals surface area contributed by atoms with Gasteiger partial charge in [-0.15, -0.1) is 5.92 Å². The van der Waals surface area contributed by atoms with Crippen LogP contribution in [0.25, 0.3) is 0 Å². The van der Waals surface area contributed by atoms with Crippen LogP contribution in [0.4, 0.5) is 0 Å². The summed E-state index contributed by atoms with van der Waals surface area (Å²) in [5.74, 6) is 5.38. The Labute approximate surface area is 88.2 Å². The second-order valence-electron chi connectivity index (χ2n) is 3.14. The molecule has 1 heterocycles. The van der Waals surface area contributed by atoms with E-state index in [1.807, 2.05) is 6.92 Å². The van der Waals surface area contributed by atoms with Crippen LogP contribution in [0.1, 0.15) is 20.3 Å². The van der Waals surface area contributed by atoms with Gasteiger partial charge in [-0.05, 0) is 13.3 Å². The molecule has 4 heteroatoms. The third-order valence-electron chi connectivity index (χ3n) is 2.02. The number of aryl methyl sites for hydroxylation is 1. The molecule has 0 aliphatic rings. The van der Waals surface area contributed by atoms with Crippen LogP contribution in [-0.2, 0) is 13.1 Å². The van der Waals surface area contributed by atoms with Gasteiger partial charge in [0.1, 0.15) is 0 Å². The van der Waals surface area contributed by atoms with Gasteiger partial charge in [-0.3, -0.25) is 4.79 Å².